The number of aromatic nitrogens is 4. The molecule has 15 heteroatoms. The van der Waals surface area contributed by atoms with Crippen molar-refractivity contribution in [3.63, 3.8) is 0 Å². The van der Waals surface area contributed by atoms with E-state index in [4.69, 9.17) is 4.98 Å². The van der Waals surface area contributed by atoms with Gasteiger partial charge in [0.1, 0.15) is 22.4 Å². The standard InChI is InChI=1S/C29H30F4N6O4S/c1-12(15-5-6-19(17(30)9-15)43-29(31,32)33)35-28-36-13(2)21(26(39-28)37-18-10-16(11-40)24(41)25(18)42)27-38-23-20(44-27)7-8-34-22(23)14-3-4-14/h5-9,12,14,16,18,24-25,40-42H,3-4,10-11H2,1-2H3,(H2,35,36,37,39)/t12-,16-,18-,24-,25+/m1/s1. The van der Waals surface area contributed by atoms with E-state index in [1.165, 1.54) is 17.4 Å². The summed E-state index contributed by atoms with van der Waals surface area (Å²) < 4.78 is 56.8. The lowest BCUT2D eigenvalue weighted by atomic mass is 10.1. The van der Waals surface area contributed by atoms with Crippen molar-refractivity contribution in [2.75, 3.05) is 17.2 Å². The maximum atomic E-state index is 14.4. The molecule has 4 aromatic rings. The summed E-state index contributed by atoms with van der Waals surface area (Å²) in [5.41, 5.74) is 3.20. The van der Waals surface area contributed by atoms with Crippen molar-refractivity contribution < 1.29 is 37.6 Å². The summed E-state index contributed by atoms with van der Waals surface area (Å²) in [7, 11) is 0. The van der Waals surface area contributed by atoms with E-state index < -0.39 is 48.1 Å². The fourth-order valence-electron chi connectivity index (χ4n) is 5.53. The number of nitrogens with zero attached hydrogens (tertiary/aromatic N) is 4. The molecule has 234 valence electrons. The number of halogens is 4. The maximum absolute atomic E-state index is 14.4. The van der Waals surface area contributed by atoms with E-state index in [9.17, 15) is 32.9 Å². The number of anilines is 2. The molecule has 5 atom stereocenters. The third kappa shape index (κ3) is 6.14. The smallest absolute Gasteiger partial charge is 0.403 e. The molecular formula is C29H30F4N6O4S. The topological polar surface area (TPSA) is 146 Å². The normalized spacial score (nSPS) is 22.8. The van der Waals surface area contributed by atoms with Crippen LogP contribution in [0.4, 0.5) is 29.3 Å². The van der Waals surface area contributed by atoms with Crippen LogP contribution in [0.5, 0.6) is 5.75 Å². The third-order valence-electron chi connectivity index (χ3n) is 7.99. The summed E-state index contributed by atoms with van der Waals surface area (Å²) >= 11 is 1.45. The molecule has 0 unspecified atom stereocenters. The lowest BCUT2D eigenvalue weighted by molar-refractivity contribution is -0.275. The van der Waals surface area contributed by atoms with Crippen LogP contribution in [0, 0.1) is 18.7 Å². The molecule has 5 N–H and O–H groups in total. The first-order valence-corrected chi connectivity index (χ1v) is 14.9. The Labute approximate surface area is 253 Å². The van der Waals surface area contributed by atoms with Crippen LogP contribution in [0.25, 0.3) is 20.8 Å². The van der Waals surface area contributed by atoms with Gasteiger partial charge in [0, 0.05) is 24.6 Å². The average molecular weight is 635 g/mol. The number of pyridine rings is 1. The van der Waals surface area contributed by atoms with Gasteiger partial charge in [-0.25, -0.2) is 14.4 Å². The number of nitrogens with one attached hydrogen (secondary N) is 2. The number of ether oxygens (including phenoxy) is 1. The van der Waals surface area contributed by atoms with Gasteiger partial charge in [-0.1, -0.05) is 6.07 Å². The lowest BCUT2D eigenvalue weighted by Gasteiger charge is -2.22. The number of rotatable bonds is 9. The first-order valence-electron chi connectivity index (χ1n) is 14.1. The Kier molecular flexibility index (Phi) is 8.07. The molecule has 2 aliphatic carbocycles. The van der Waals surface area contributed by atoms with E-state index in [-0.39, 0.29) is 19.0 Å². The molecule has 6 rings (SSSR count). The van der Waals surface area contributed by atoms with E-state index in [0.29, 0.717) is 33.6 Å². The van der Waals surface area contributed by atoms with Gasteiger partial charge in [0.2, 0.25) is 5.95 Å². The van der Waals surface area contributed by atoms with Crippen molar-refractivity contribution in [2.45, 2.75) is 69.7 Å². The Hall–Kier alpha value is -3.66. The van der Waals surface area contributed by atoms with Crippen LogP contribution in [0.15, 0.2) is 30.5 Å². The fourth-order valence-corrected chi connectivity index (χ4v) is 6.60. The predicted octanol–water partition coefficient (Wildman–Crippen LogP) is 5.06. The molecule has 44 heavy (non-hydrogen) atoms. The molecule has 1 aromatic carbocycles. The van der Waals surface area contributed by atoms with Gasteiger partial charge in [0.15, 0.2) is 11.6 Å². The van der Waals surface area contributed by atoms with E-state index in [1.807, 2.05) is 6.07 Å². The van der Waals surface area contributed by atoms with E-state index in [1.54, 1.807) is 20.0 Å². The molecule has 0 amide bonds. The van der Waals surface area contributed by atoms with Crippen molar-refractivity contribution in [1.29, 1.82) is 0 Å². The quantitative estimate of drug-likeness (QED) is 0.159. The van der Waals surface area contributed by atoms with E-state index in [2.05, 4.69) is 30.3 Å². The van der Waals surface area contributed by atoms with Gasteiger partial charge in [0.05, 0.1) is 39.8 Å². The summed E-state index contributed by atoms with van der Waals surface area (Å²) in [5.74, 6) is -1.81. The number of fused-ring (bicyclic) bond motifs is 1. The number of aryl methyl sites for hydroxylation is 1. The van der Waals surface area contributed by atoms with Gasteiger partial charge in [-0.15, -0.1) is 24.5 Å². The molecular weight excluding hydrogens is 604 g/mol. The summed E-state index contributed by atoms with van der Waals surface area (Å²) in [4.78, 5) is 18.8. The molecule has 3 heterocycles. The van der Waals surface area contributed by atoms with Crippen LogP contribution < -0.4 is 15.4 Å². The number of aliphatic hydroxyl groups is 3. The maximum Gasteiger partial charge on any atom is 0.573 e. The number of hydrogen-bond acceptors (Lipinski definition) is 11. The molecule has 2 fully saturated rings. The SMILES string of the molecule is Cc1nc(N[C@H](C)c2ccc(OC(F)(F)F)c(F)c2)nc(N[C@@H]2C[C@H](CO)[C@@H](O)[C@H]2O)c1-c1nc2c(C3CC3)nccc2s1. The highest BCUT2D eigenvalue weighted by Crippen LogP contribution is 2.44. The number of thiazole rings is 1. The third-order valence-corrected chi connectivity index (χ3v) is 9.03. The van der Waals surface area contributed by atoms with Gasteiger partial charge in [0.25, 0.3) is 0 Å². The first kappa shape index (κ1) is 30.4. The van der Waals surface area contributed by atoms with Crippen molar-refractivity contribution in [1.82, 2.24) is 19.9 Å². The fraction of sp³-hybridized carbons (Fsp3) is 0.448. The second kappa shape index (κ2) is 11.7. The zero-order chi connectivity index (χ0) is 31.3. The first-order chi connectivity index (χ1) is 20.9. The zero-order valence-electron chi connectivity index (χ0n) is 23.6. The van der Waals surface area contributed by atoms with Gasteiger partial charge < -0.3 is 30.7 Å². The van der Waals surface area contributed by atoms with Crippen LogP contribution in [0.1, 0.15) is 55.1 Å². The Balaban J connectivity index is 1.35. The van der Waals surface area contributed by atoms with Crippen LogP contribution in [-0.2, 0) is 0 Å². The van der Waals surface area contributed by atoms with Crippen molar-refractivity contribution in [2.24, 2.45) is 5.92 Å². The van der Waals surface area contributed by atoms with Crippen LogP contribution >= 0.6 is 11.3 Å². The summed E-state index contributed by atoms with van der Waals surface area (Å²) in [6.45, 7) is 3.14. The monoisotopic (exact) mass is 634 g/mol. The van der Waals surface area contributed by atoms with Crippen LogP contribution in [-0.4, -0.2) is 66.5 Å². The molecule has 0 spiro atoms. The largest absolute Gasteiger partial charge is 0.573 e. The summed E-state index contributed by atoms with van der Waals surface area (Å²) in [6.07, 6.45) is -3.17. The number of hydrogen-bond donors (Lipinski definition) is 5. The van der Waals surface area contributed by atoms with Gasteiger partial charge in [-0.3, -0.25) is 4.98 Å². The minimum absolute atomic E-state index is 0.130. The lowest BCUT2D eigenvalue weighted by Crippen LogP contribution is -2.35. The minimum Gasteiger partial charge on any atom is -0.403 e. The Morgan fingerprint density at radius 3 is 2.55 bits per heavy atom. The Morgan fingerprint density at radius 2 is 1.89 bits per heavy atom. The predicted molar refractivity (Wildman–Crippen MR) is 155 cm³/mol. The Bertz CT molecular complexity index is 1680. The molecule has 0 bridgehead atoms. The summed E-state index contributed by atoms with van der Waals surface area (Å²) in [6, 6.07) is 3.78. The molecule has 3 aromatic heterocycles. The van der Waals surface area contributed by atoms with E-state index >= 15 is 0 Å². The van der Waals surface area contributed by atoms with Crippen molar-refractivity contribution in [3.8, 4) is 16.3 Å². The summed E-state index contributed by atoms with van der Waals surface area (Å²) in [5, 5.41) is 37.8. The second-order valence-electron chi connectivity index (χ2n) is 11.2. The zero-order valence-corrected chi connectivity index (χ0v) is 24.5. The van der Waals surface area contributed by atoms with Crippen LogP contribution in [0.3, 0.4) is 0 Å². The van der Waals surface area contributed by atoms with Gasteiger partial charge >= 0.3 is 6.36 Å². The van der Waals surface area contributed by atoms with Crippen molar-refractivity contribution in [3.05, 3.63) is 53.2 Å². The van der Waals surface area contributed by atoms with Gasteiger partial charge in [-0.05, 0) is 56.9 Å². The average Bonchev–Trinajstić information content (AvgIpc) is 3.66. The number of benzene rings is 1. The van der Waals surface area contributed by atoms with E-state index in [0.717, 1.165) is 40.9 Å². The molecule has 2 aliphatic rings. The number of alkyl halides is 3. The number of aliphatic hydroxyl groups excluding tert-OH is 3. The molecule has 0 aliphatic heterocycles. The highest BCUT2D eigenvalue weighted by atomic mass is 32.1. The van der Waals surface area contributed by atoms with Crippen molar-refractivity contribution >= 4 is 33.3 Å². The highest BCUT2D eigenvalue weighted by Gasteiger charge is 2.42. The molecule has 0 radical (unpaired) electrons. The Morgan fingerprint density at radius 1 is 1.11 bits per heavy atom. The van der Waals surface area contributed by atoms with Gasteiger partial charge in [-0.2, -0.15) is 4.98 Å². The van der Waals surface area contributed by atoms with Crippen LogP contribution in [0.2, 0.25) is 0 Å². The molecule has 10 nitrogen and oxygen atoms in total. The molecule has 2 saturated carbocycles. The highest BCUT2D eigenvalue weighted by molar-refractivity contribution is 7.21. The second-order valence-corrected chi connectivity index (χ2v) is 12.2. The minimum atomic E-state index is -5.03. The molecule has 0 saturated heterocycles.